The van der Waals surface area contributed by atoms with Crippen LogP contribution in [-0.2, 0) is 0 Å². The summed E-state index contributed by atoms with van der Waals surface area (Å²) in [6.45, 7) is 0. The molecule has 46 heavy (non-hydrogen) atoms. The first-order valence-electron chi connectivity index (χ1n) is 16.2. The van der Waals surface area contributed by atoms with Gasteiger partial charge in [0.05, 0.1) is 0 Å². The maximum absolute atomic E-state index is 2.47. The second-order valence-corrected chi connectivity index (χ2v) is 13.2. The zero-order chi connectivity index (χ0) is 29.7. The van der Waals surface area contributed by atoms with Crippen molar-refractivity contribution in [1.82, 2.24) is 0 Å². The molecule has 0 heterocycles. The predicted molar refractivity (Wildman–Crippen MR) is 198 cm³/mol. The van der Waals surface area contributed by atoms with Gasteiger partial charge in [0.15, 0.2) is 0 Å². The summed E-state index contributed by atoms with van der Waals surface area (Å²) in [5.74, 6) is 0. The molecule has 12 rings (SSSR count). The molecule has 0 amide bonds. The Kier molecular flexibility index (Phi) is 4.07. The van der Waals surface area contributed by atoms with E-state index in [1.807, 2.05) is 0 Å². The van der Waals surface area contributed by atoms with Gasteiger partial charge in [-0.1, -0.05) is 109 Å². The van der Waals surface area contributed by atoms with E-state index in [2.05, 4.69) is 146 Å². The van der Waals surface area contributed by atoms with Gasteiger partial charge >= 0.3 is 0 Å². The van der Waals surface area contributed by atoms with Crippen molar-refractivity contribution in [2.45, 2.75) is 0 Å². The molecular weight excluding hydrogens is 553 g/mol. The Labute approximate surface area is 264 Å². The molecule has 2 aliphatic rings. The summed E-state index contributed by atoms with van der Waals surface area (Å²) in [6.07, 6.45) is 0. The van der Waals surface area contributed by atoms with E-state index in [4.69, 9.17) is 0 Å². The third-order valence-electron chi connectivity index (χ3n) is 11.0. The Balaban J connectivity index is 1.13. The van der Waals surface area contributed by atoms with Crippen LogP contribution in [0.4, 0.5) is 0 Å². The van der Waals surface area contributed by atoms with Crippen LogP contribution < -0.4 is 0 Å². The Morgan fingerprint density at radius 3 is 1.09 bits per heavy atom. The summed E-state index contributed by atoms with van der Waals surface area (Å²) in [7, 11) is 0. The van der Waals surface area contributed by atoms with E-state index in [0.717, 1.165) is 0 Å². The molecule has 0 N–H and O–H groups in total. The van der Waals surface area contributed by atoms with E-state index in [1.165, 1.54) is 120 Å². The molecule has 0 atom stereocenters. The molecule has 0 radical (unpaired) electrons. The first kappa shape index (κ1) is 23.4. The number of rotatable bonds is 0. The van der Waals surface area contributed by atoms with Crippen molar-refractivity contribution in [2.24, 2.45) is 0 Å². The van der Waals surface area contributed by atoms with Crippen LogP contribution in [0, 0.1) is 0 Å². The van der Waals surface area contributed by atoms with Gasteiger partial charge in [-0.15, -0.1) is 0 Å². The molecule has 0 aliphatic heterocycles. The molecule has 0 saturated carbocycles. The molecule has 2 aliphatic carbocycles. The molecule has 0 bridgehead atoms. The van der Waals surface area contributed by atoms with E-state index >= 15 is 0 Å². The maximum Gasteiger partial charge on any atom is -0.00199 e. The van der Waals surface area contributed by atoms with E-state index in [1.54, 1.807) is 0 Å². The van der Waals surface area contributed by atoms with E-state index in [9.17, 15) is 0 Å². The van der Waals surface area contributed by atoms with E-state index in [0.29, 0.717) is 0 Å². The lowest BCUT2D eigenvalue weighted by Crippen LogP contribution is -1.85. The lowest BCUT2D eigenvalue weighted by molar-refractivity contribution is 1.74. The van der Waals surface area contributed by atoms with Crippen molar-refractivity contribution in [3.63, 3.8) is 0 Å². The lowest BCUT2D eigenvalue weighted by atomic mass is 9.91. The van der Waals surface area contributed by atoms with Crippen molar-refractivity contribution >= 4 is 75.4 Å². The second-order valence-electron chi connectivity index (χ2n) is 13.2. The fourth-order valence-electron chi connectivity index (χ4n) is 9.06. The van der Waals surface area contributed by atoms with Gasteiger partial charge in [-0.05, 0) is 156 Å². The molecule has 0 unspecified atom stereocenters. The number of hydrogen-bond acceptors (Lipinski definition) is 0. The van der Waals surface area contributed by atoms with E-state index in [-0.39, 0.29) is 0 Å². The third-order valence-corrected chi connectivity index (χ3v) is 11.0. The Morgan fingerprint density at radius 1 is 0.196 bits per heavy atom. The highest BCUT2D eigenvalue weighted by molar-refractivity contribution is 6.28. The smallest absolute Gasteiger partial charge is 0.00199 e. The number of hydrogen-bond donors (Lipinski definition) is 0. The first-order valence-corrected chi connectivity index (χ1v) is 16.2. The predicted octanol–water partition coefficient (Wildman–Crippen LogP) is 13.1. The maximum atomic E-state index is 2.47. The molecular formula is C46H24. The van der Waals surface area contributed by atoms with Gasteiger partial charge in [0.1, 0.15) is 0 Å². The van der Waals surface area contributed by atoms with Crippen molar-refractivity contribution in [3.05, 3.63) is 146 Å². The zero-order valence-electron chi connectivity index (χ0n) is 24.9. The number of benzene rings is 10. The van der Waals surface area contributed by atoms with Crippen LogP contribution in [-0.4, -0.2) is 0 Å². The summed E-state index contributed by atoms with van der Waals surface area (Å²) in [5.41, 5.74) is 10.8. The minimum Gasteiger partial charge on any atom is -0.0616 e. The van der Waals surface area contributed by atoms with Gasteiger partial charge in [-0.2, -0.15) is 0 Å². The molecule has 0 aromatic heterocycles. The molecule has 0 saturated heterocycles. The van der Waals surface area contributed by atoms with Crippen LogP contribution in [0.1, 0.15) is 0 Å². The fourth-order valence-corrected chi connectivity index (χ4v) is 9.06. The molecule has 0 fully saturated rings. The quantitative estimate of drug-likeness (QED) is 0.158. The Morgan fingerprint density at radius 2 is 0.587 bits per heavy atom. The minimum atomic E-state index is 1.30. The normalized spacial score (nSPS) is 12.8. The highest BCUT2D eigenvalue weighted by Gasteiger charge is 2.26. The van der Waals surface area contributed by atoms with E-state index < -0.39 is 0 Å². The van der Waals surface area contributed by atoms with Crippen molar-refractivity contribution in [2.75, 3.05) is 0 Å². The van der Waals surface area contributed by atoms with Crippen LogP contribution in [0.2, 0.25) is 0 Å². The topological polar surface area (TPSA) is 0 Å². The van der Waals surface area contributed by atoms with Crippen LogP contribution in [0.25, 0.3) is 120 Å². The van der Waals surface area contributed by atoms with Crippen LogP contribution in [0.3, 0.4) is 0 Å². The van der Waals surface area contributed by atoms with Gasteiger partial charge in [0.25, 0.3) is 0 Å². The van der Waals surface area contributed by atoms with Crippen molar-refractivity contribution in [3.8, 4) is 44.5 Å². The molecule has 0 heteroatoms. The van der Waals surface area contributed by atoms with Gasteiger partial charge < -0.3 is 0 Å². The van der Waals surface area contributed by atoms with Crippen molar-refractivity contribution in [1.29, 1.82) is 0 Å². The standard InChI is InChI=1S/C46H24/c1-3-9-29-25(7-1)21-43-39-19-27-15-17-32-31(37(27)23-41(39)35-13-5-11-33(29)45(35)43)18-16-28-20-40-42(24-38(28)32)36-14-6-12-34-30-10-4-2-8-26(30)22-44(40)46(34)36/h1-24H. The zero-order valence-corrected chi connectivity index (χ0v) is 24.9. The van der Waals surface area contributed by atoms with Gasteiger partial charge in [0, 0.05) is 0 Å². The molecule has 0 nitrogen and oxygen atoms in total. The van der Waals surface area contributed by atoms with Crippen LogP contribution >= 0.6 is 0 Å². The van der Waals surface area contributed by atoms with Gasteiger partial charge in [0.2, 0.25) is 0 Å². The van der Waals surface area contributed by atoms with Gasteiger partial charge in [-0.25, -0.2) is 0 Å². The van der Waals surface area contributed by atoms with Gasteiger partial charge in [-0.3, -0.25) is 0 Å². The summed E-state index contributed by atoms with van der Waals surface area (Å²) in [6, 6.07) is 55.2. The Hall–Kier alpha value is -5.98. The third kappa shape index (κ3) is 2.74. The highest BCUT2D eigenvalue weighted by atomic mass is 14.3. The SMILES string of the molecule is c1ccc2c(c1)cc1c3c(cccc32)-c2cc3c(ccc4c5cc6c(cc5ccc34)-c3cc4ccccc4c4cccc-6c34)cc2-1. The molecule has 10 aromatic rings. The van der Waals surface area contributed by atoms with Crippen LogP contribution in [0.15, 0.2) is 146 Å². The number of fused-ring (bicyclic) bond motifs is 15. The van der Waals surface area contributed by atoms with Crippen molar-refractivity contribution < 1.29 is 0 Å². The fraction of sp³-hybridized carbons (Fsp3) is 0. The Bertz CT molecular complexity index is 2860. The highest BCUT2D eigenvalue weighted by Crippen LogP contribution is 2.53. The molecule has 208 valence electrons. The average molecular weight is 577 g/mol. The summed E-state index contributed by atoms with van der Waals surface area (Å²) in [5, 5.41) is 18.6. The first-order chi connectivity index (χ1) is 22.8. The lowest BCUT2D eigenvalue weighted by Gasteiger charge is -2.12. The summed E-state index contributed by atoms with van der Waals surface area (Å²) in [4.78, 5) is 0. The molecule has 10 aromatic carbocycles. The minimum absolute atomic E-state index is 1.30. The second kappa shape index (κ2) is 7.99. The average Bonchev–Trinajstić information content (AvgIpc) is 3.59. The van der Waals surface area contributed by atoms with Crippen LogP contribution in [0.5, 0.6) is 0 Å². The summed E-state index contributed by atoms with van der Waals surface area (Å²) >= 11 is 0. The molecule has 0 spiro atoms. The monoisotopic (exact) mass is 576 g/mol. The largest absolute Gasteiger partial charge is 0.0616 e. The summed E-state index contributed by atoms with van der Waals surface area (Å²) < 4.78 is 0.